The predicted octanol–water partition coefficient (Wildman–Crippen LogP) is 3.68. The first-order valence-corrected chi connectivity index (χ1v) is 10.5. The topological polar surface area (TPSA) is 122 Å². The molecule has 0 atom stereocenters. The first-order valence-electron chi connectivity index (χ1n) is 10.5. The molecule has 2 N–H and O–H groups in total. The number of para-hydroxylation sites is 2. The first-order chi connectivity index (χ1) is 16.7. The van der Waals surface area contributed by atoms with Crippen LogP contribution < -0.4 is 10.6 Å². The summed E-state index contributed by atoms with van der Waals surface area (Å²) in [5, 5.41) is 5.57. The Morgan fingerprint density at radius 3 is 1.56 bits per heavy atom. The van der Waals surface area contributed by atoms with Crippen LogP contribution in [0.25, 0.3) is 11.4 Å². The van der Waals surface area contributed by atoms with Crippen molar-refractivity contribution < 1.29 is 9.59 Å². The van der Waals surface area contributed by atoms with Crippen molar-refractivity contribution in [3.05, 3.63) is 90.0 Å². The third kappa shape index (κ3) is 3.41. The van der Waals surface area contributed by atoms with E-state index in [9.17, 15) is 9.59 Å². The third-order valence-corrected chi connectivity index (χ3v) is 5.36. The monoisotopic (exact) mass is 445 g/mol. The normalized spacial score (nSPS) is 16.4. The summed E-state index contributed by atoms with van der Waals surface area (Å²) in [5.41, 5.74) is 3.77. The molecule has 0 saturated carbocycles. The van der Waals surface area contributed by atoms with E-state index in [4.69, 9.17) is 0 Å². The highest BCUT2D eigenvalue weighted by molar-refractivity contribution is 6.54. The zero-order valence-electron chi connectivity index (χ0n) is 17.6. The lowest BCUT2D eigenvalue weighted by atomic mass is 10.1. The molecular weight excluding hydrogens is 430 g/mol. The van der Waals surface area contributed by atoms with Crippen LogP contribution in [0.2, 0.25) is 0 Å². The van der Waals surface area contributed by atoms with Gasteiger partial charge in [0.15, 0.2) is 5.82 Å². The van der Waals surface area contributed by atoms with Crippen LogP contribution in [0.3, 0.4) is 0 Å². The average Bonchev–Trinajstić information content (AvgIpc) is 3.35. The van der Waals surface area contributed by atoms with Crippen molar-refractivity contribution in [2.75, 3.05) is 10.6 Å². The number of rotatable bonds is 3. The minimum absolute atomic E-state index is 0.0155. The van der Waals surface area contributed by atoms with Crippen LogP contribution in [0.5, 0.6) is 0 Å². The van der Waals surface area contributed by atoms with Gasteiger partial charge in [0.1, 0.15) is 11.4 Å². The number of nitrogens with one attached hydrogen (secondary N) is 2. The predicted molar refractivity (Wildman–Crippen MR) is 128 cm³/mol. The molecule has 0 aliphatic carbocycles. The second kappa shape index (κ2) is 7.82. The van der Waals surface area contributed by atoms with Gasteiger partial charge in [0.25, 0.3) is 23.7 Å². The molecule has 162 valence electrons. The van der Waals surface area contributed by atoms with Crippen molar-refractivity contribution in [1.29, 1.82) is 0 Å². The van der Waals surface area contributed by atoms with Gasteiger partial charge in [-0.05, 0) is 12.1 Å². The summed E-state index contributed by atoms with van der Waals surface area (Å²) in [7, 11) is 0. The molecular formula is C25H15N7O2. The molecule has 6 rings (SSSR count). The van der Waals surface area contributed by atoms with Crippen LogP contribution in [0.4, 0.5) is 23.3 Å². The van der Waals surface area contributed by atoms with Gasteiger partial charge in [-0.3, -0.25) is 9.59 Å². The number of carbonyl (C=O) groups is 2. The van der Waals surface area contributed by atoms with Crippen LogP contribution in [-0.4, -0.2) is 38.2 Å². The van der Waals surface area contributed by atoms with Gasteiger partial charge in [-0.15, -0.1) is 0 Å². The number of aliphatic imine (C=N–C) groups is 2. The van der Waals surface area contributed by atoms with Gasteiger partial charge in [-0.1, -0.05) is 66.7 Å². The van der Waals surface area contributed by atoms with Crippen molar-refractivity contribution in [3.63, 3.8) is 0 Å². The molecule has 0 saturated heterocycles. The van der Waals surface area contributed by atoms with Crippen LogP contribution >= 0.6 is 0 Å². The zero-order valence-corrected chi connectivity index (χ0v) is 17.6. The van der Waals surface area contributed by atoms with Gasteiger partial charge in [-0.25, -0.2) is 9.98 Å². The summed E-state index contributed by atoms with van der Waals surface area (Å²) < 4.78 is 0. The molecule has 3 heterocycles. The molecule has 2 amide bonds. The van der Waals surface area contributed by atoms with Crippen molar-refractivity contribution >= 4 is 46.5 Å². The van der Waals surface area contributed by atoms with Crippen LogP contribution in [0.1, 0.15) is 11.1 Å². The second-order valence-corrected chi connectivity index (χ2v) is 7.55. The molecule has 34 heavy (non-hydrogen) atoms. The lowest BCUT2D eigenvalue weighted by Crippen LogP contribution is -2.15. The molecule has 0 fully saturated rings. The highest BCUT2D eigenvalue weighted by Crippen LogP contribution is 2.28. The van der Waals surface area contributed by atoms with Crippen molar-refractivity contribution in [1.82, 2.24) is 15.0 Å². The van der Waals surface area contributed by atoms with E-state index in [1.165, 1.54) is 0 Å². The van der Waals surface area contributed by atoms with Crippen molar-refractivity contribution in [2.45, 2.75) is 0 Å². The maximum absolute atomic E-state index is 12.5. The zero-order chi connectivity index (χ0) is 23.1. The number of hydrogen-bond donors (Lipinski definition) is 2. The highest BCUT2D eigenvalue weighted by atomic mass is 16.2. The third-order valence-electron chi connectivity index (χ3n) is 5.36. The van der Waals surface area contributed by atoms with E-state index in [-0.39, 0.29) is 35.1 Å². The van der Waals surface area contributed by atoms with Gasteiger partial charge in [0.05, 0.1) is 11.4 Å². The molecule has 9 nitrogen and oxygen atoms in total. The number of benzene rings is 3. The molecule has 0 bridgehead atoms. The second-order valence-electron chi connectivity index (χ2n) is 7.55. The Kier molecular flexibility index (Phi) is 4.51. The minimum atomic E-state index is -0.347. The quantitative estimate of drug-likeness (QED) is 0.498. The minimum Gasteiger partial charge on any atom is -0.320 e. The Bertz CT molecular complexity index is 1450. The van der Waals surface area contributed by atoms with Gasteiger partial charge in [0, 0.05) is 16.7 Å². The van der Waals surface area contributed by atoms with E-state index in [1.54, 1.807) is 24.3 Å². The van der Waals surface area contributed by atoms with E-state index in [0.717, 1.165) is 5.56 Å². The SMILES string of the molecule is O=C1Nc2ccccc2/C1=N\c1nc(/N=C2/C(=O)Nc3ccccc32)nc(-c2ccccc2)n1. The maximum atomic E-state index is 12.5. The molecule has 3 aromatic carbocycles. The fourth-order valence-corrected chi connectivity index (χ4v) is 3.80. The number of anilines is 2. The number of carbonyl (C=O) groups excluding carboxylic acids is 2. The van der Waals surface area contributed by atoms with Gasteiger partial charge in [0.2, 0.25) is 0 Å². The molecule has 1 aromatic heterocycles. The molecule has 4 aromatic rings. The molecule has 0 radical (unpaired) electrons. The summed E-state index contributed by atoms with van der Waals surface area (Å²) >= 11 is 0. The summed E-state index contributed by atoms with van der Waals surface area (Å²) in [4.78, 5) is 47.2. The van der Waals surface area contributed by atoms with Crippen LogP contribution in [0.15, 0.2) is 88.8 Å². The summed E-state index contributed by atoms with van der Waals surface area (Å²) in [6.45, 7) is 0. The Hall–Kier alpha value is -5.05. The molecule has 2 aliphatic heterocycles. The van der Waals surface area contributed by atoms with Crippen LogP contribution in [0, 0.1) is 0 Å². The molecule has 0 spiro atoms. The lowest BCUT2D eigenvalue weighted by molar-refractivity contribution is -0.110. The number of nitrogens with zero attached hydrogens (tertiary/aromatic N) is 5. The number of aromatic nitrogens is 3. The summed E-state index contributed by atoms with van der Waals surface area (Å²) in [6, 6.07) is 23.8. The number of hydrogen-bond acceptors (Lipinski definition) is 7. The van der Waals surface area contributed by atoms with Gasteiger partial charge < -0.3 is 10.6 Å². The maximum Gasteiger partial charge on any atom is 0.275 e. The standard InChI is InChI=1S/C25H15N7O2/c33-22-19(15-10-4-6-12-17(15)26-22)28-24-30-21(14-8-2-1-3-9-14)31-25(32-24)29-20-16-11-5-7-13-18(16)27-23(20)34/h1-13H,(H2,26,27,28,29,30,31,32,33,34). The Balaban J connectivity index is 1.51. The van der Waals surface area contributed by atoms with E-state index in [0.29, 0.717) is 28.3 Å². The van der Waals surface area contributed by atoms with E-state index >= 15 is 0 Å². The Labute approximate surface area is 193 Å². The van der Waals surface area contributed by atoms with E-state index < -0.39 is 0 Å². The fourth-order valence-electron chi connectivity index (χ4n) is 3.80. The Morgan fingerprint density at radius 2 is 1.03 bits per heavy atom. The van der Waals surface area contributed by atoms with Gasteiger partial charge >= 0.3 is 0 Å². The summed E-state index contributed by atoms with van der Waals surface area (Å²) in [5.74, 6) is -0.337. The summed E-state index contributed by atoms with van der Waals surface area (Å²) in [6.07, 6.45) is 0. The number of amides is 2. The largest absolute Gasteiger partial charge is 0.320 e. The highest BCUT2D eigenvalue weighted by Gasteiger charge is 2.27. The van der Waals surface area contributed by atoms with Crippen molar-refractivity contribution in [3.8, 4) is 11.4 Å². The fraction of sp³-hybridized carbons (Fsp3) is 0. The smallest absolute Gasteiger partial charge is 0.275 e. The lowest BCUT2D eigenvalue weighted by Gasteiger charge is -2.04. The first kappa shape index (κ1) is 19.6. The average molecular weight is 445 g/mol. The Morgan fingerprint density at radius 1 is 0.559 bits per heavy atom. The molecule has 2 aliphatic rings. The molecule has 0 unspecified atom stereocenters. The number of fused-ring (bicyclic) bond motifs is 2. The van der Waals surface area contributed by atoms with Gasteiger partial charge in [-0.2, -0.15) is 15.0 Å². The van der Waals surface area contributed by atoms with Crippen LogP contribution in [-0.2, 0) is 9.59 Å². The van der Waals surface area contributed by atoms with Crippen molar-refractivity contribution in [2.24, 2.45) is 9.98 Å². The van der Waals surface area contributed by atoms with E-state index in [2.05, 4.69) is 35.6 Å². The molecule has 9 heteroatoms. The van der Waals surface area contributed by atoms with E-state index in [1.807, 2.05) is 54.6 Å².